The Morgan fingerprint density at radius 1 is 1.50 bits per heavy atom. The van der Waals surface area contributed by atoms with Crippen LogP contribution in [0.15, 0.2) is 27.5 Å². The van der Waals surface area contributed by atoms with Crippen molar-refractivity contribution in [2.24, 2.45) is 11.7 Å². The fraction of sp³-hybridized carbons (Fsp3) is 0.538. The monoisotopic (exact) mass is 247 g/mol. The summed E-state index contributed by atoms with van der Waals surface area (Å²) in [4.78, 5) is 16.0. The number of oxazole rings is 1. The van der Waals surface area contributed by atoms with E-state index in [2.05, 4.69) is 4.98 Å². The van der Waals surface area contributed by atoms with E-state index in [1.54, 1.807) is 22.9 Å². The number of nitrogens with two attached hydrogens (primary N) is 1. The molecule has 2 unspecified atom stereocenters. The summed E-state index contributed by atoms with van der Waals surface area (Å²) >= 11 is 0. The Bertz CT molecular complexity index is 602. The van der Waals surface area contributed by atoms with Crippen molar-refractivity contribution in [3.8, 4) is 0 Å². The Labute approximate surface area is 105 Å². The largest absolute Gasteiger partial charge is 0.421 e. The van der Waals surface area contributed by atoms with Gasteiger partial charge in [0.25, 0.3) is 0 Å². The van der Waals surface area contributed by atoms with E-state index in [1.807, 2.05) is 0 Å². The Morgan fingerprint density at radius 3 is 3.17 bits per heavy atom. The average molecular weight is 247 g/mol. The molecule has 1 saturated carbocycles. The molecule has 1 aliphatic carbocycles. The molecule has 1 aliphatic rings. The number of rotatable bonds is 3. The third kappa shape index (κ3) is 1.95. The highest BCUT2D eigenvalue weighted by Gasteiger charge is 2.24. The van der Waals surface area contributed by atoms with Gasteiger partial charge in [0.2, 0.25) is 0 Å². The topological polar surface area (TPSA) is 74.0 Å². The van der Waals surface area contributed by atoms with E-state index in [1.165, 1.54) is 12.8 Å². The minimum atomic E-state index is -0.324. The Morgan fingerprint density at radius 2 is 2.39 bits per heavy atom. The molecule has 0 saturated heterocycles. The van der Waals surface area contributed by atoms with Crippen LogP contribution in [0.25, 0.3) is 11.2 Å². The quantitative estimate of drug-likeness (QED) is 0.892. The molecule has 5 nitrogen and oxygen atoms in total. The summed E-state index contributed by atoms with van der Waals surface area (Å²) in [5, 5.41) is 0. The van der Waals surface area contributed by atoms with Gasteiger partial charge in [-0.2, -0.15) is 0 Å². The maximum absolute atomic E-state index is 11.8. The molecular formula is C13H17N3O2. The minimum Gasteiger partial charge on any atom is -0.406 e. The molecule has 1 fully saturated rings. The Balaban J connectivity index is 1.82. The third-order valence-electron chi connectivity index (χ3n) is 3.87. The first kappa shape index (κ1) is 11.5. The molecule has 0 amide bonds. The number of pyridine rings is 1. The van der Waals surface area contributed by atoms with E-state index in [0.29, 0.717) is 23.7 Å². The van der Waals surface area contributed by atoms with Crippen molar-refractivity contribution >= 4 is 11.2 Å². The lowest BCUT2D eigenvalue weighted by Gasteiger charge is -2.14. The van der Waals surface area contributed by atoms with Crippen LogP contribution in [-0.4, -0.2) is 15.6 Å². The smallest absolute Gasteiger partial charge is 0.406 e. The molecule has 2 N–H and O–H groups in total. The SMILES string of the molecule is NC1CCCC1CCn1c(=O)oc2cccnc21. The van der Waals surface area contributed by atoms with Gasteiger partial charge < -0.3 is 10.2 Å². The average Bonchev–Trinajstić information content (AvgIpc) is 2.90. The van der Waals surface area contributed by atoms with E-state index < -0.39 is 0 Å². The second kappa shape index (κ2) is 4.57. The van der Waals surface area contributed by atoms with Gasteiger partial charge in [0.05, 0.1) is 0 Å². The Hall–Kier alpha value is -1.62. The lowest BCUT2D eigenvalue weighted by Crippen LogP contribution is -2.26. The first-order valence-corrected chi connectivity index (χ1v) is 6.45. The van der Waals surface area contributed by atoms with Gasteiger partial charge in [0.1, 0.15) is 0 Å². The van der Waals surface area contributed by atoms with Gasteiger partial charge >= 0.3 is 5.76 Å². The zero-order chi connectivity index (χ0) is 12.5. The van der Waals surface area contributed by atoms with Crippen LogP contribution in [0.5, 0.6) is 0 Å². The van der Waals surface area contributed by atoms with Gasteiger partial charge in [-0.25, -0.2) is 9.78 Å². The number of hydrogen-bond acceptors (Lipinski definition) is 4. The summed E-state index contributed by atoms with van der Waals surface area (Å²) in [7, 11) is 0. The maximum atomic E-state index is 11.8. The van der Waals surface area contributed by atoms with Crippen LogP contribution in [0.3, 0.4) is 0 Å². The van der Waals surface area contributed by atoms with Crippen molar-refractivity contribution in [3.05, 3.63) is 28.9 Å². The van der Waals surface area contributed by atoms with Crippen molar-refractivity contribution in [1.29, 1.82) is 0 Å². The molecule has 96 valence electrons. The highest BCUT2D eigenvalue weighted by Crippen LogP contribution is 2.27. The van der Waals surface area contributed by atoms with Gasteiger partial charge in [-0.05, 0) is 37.3 Å². The van der Waals surface area contributed by atoms with Gasteiger partial charge in [0, 0.05) is 18.8 Å². The van der Waals surface area contributed by atoms with Crippen LogP contribution < -0.4 is 11.5 Å². The highest BCUT2D eigenvalue weighted by molar-refractivity contribution is 5.67. The van der Waals surface area contributed by atoms with Crippen molar-refractivity contribution in [2.45, 2.75) is 38.3 Å². The summed E-state index contributed by atoms with van der Waals surface area (Å²) in [6, 6.07) is 3.82. The van der Waals surface area contributed by atoms with Crippen LogP contribution in [-0.2, 0) is 6.54 Å². The summed E-state index contributed by atoms with van der Waals surface area (Å²) in [6.45, 7) is 0.640. The van der Waals surface area contributed by atoms with E-state index in [-0.39, 0.29) is 11.8 Å². The number of fused-ring (bicyclic) bond motifs is 1. The minimum absolute atomic E-state index is 0.284. The van der Waals surface area contributed by atoms with Gasteiger partial charge in [-0.15, -0.1) is 0 Å². The molecule has 5 heteroatoms. The molecule has 2 aromatic heterocycles. The highest BCUT2D eigenvalue weighted by atomic mass is 16.4. The van der Waals surface area contributed by atoms with E-state index in [0.717, 1.165) is 12.8 Å². The second-order valence-electron chi connectivity index (χ2n) is 4.99. The van der Waals surface area contributed by atoms with Crippen LogP contribution in [0, 0.1) is 5.92 Å². The zero-order valence-corrected chi connectivity index (χ0v) is 10.2. The van der Waals surface area contributed by atoms with Gasteiger partial charge in [-0.1, -0.05) is 6.42 Å². The molecule has 0 aromatic carbocycles. The molecule has 2 aromatic rings. The van der Waals surface area contributed by atoms with E-state index >= 15 is 0 Å². The lowest BCUT2D eigenvalue weighted by atomic mass is 10.0. The molecule has 18 heavy (non-hydrogen) atoms. The summed E-state index contributed by atoms with van der Waals surface area (Å²) < 4.78 is 6.77. The first-order chi connectivity index (χ1) is 8.75. The summed E-state index contributed by atoms with van der Waals surface area (Å²) in [5.74, 6) is 0.195. The molecule has 3 rings (SSSR count). The van der Waals surface area contributed by atoms with E-state index in [4.69, 9.17) is 10.2 Å². The predicted octanol–water partition coefficient (Wildman–Crippen LogP) is 1.51. The molecule has 0 radical (unpaired) electrons. The lowest BCUT2D eigenvalue weighted by molar-refractivity contribution is 0.401. The van der Waals surface area contributed by atoms with Gasteiger partial charge in [0.15, 0.2) is 11.2 Å². The van der Waals surface area contributed by atoms with Crippen molar-refractivity contribution in [1.82, 2.24) is 9.55 Å². The fourth-order valence-corrected chi connectivity index (χ4v) is 2.82. The molecule has 2 atom stereocenters. The Kier molecular flexibility index (Phi) is 2.91. The second-order valence-corrected chi connectivity index (χ2v) is 4.99. The van der Waals surface area contributed by atoms with Crippen LogP contribution >= 0.6 is 0 Å². The molecule has 0 bridgehead atoms. The number of aromatic nitrogens is 2. The predicted molar refractivity (Wildman–Crippen MR) is 68.2 cm³/mol. The molecule has 0 aliphatic heterocycles. The van der Waals surface area contributed by atoms with Crippen LogP contribution in [0.1, 0.15) is 25.7 Å². The molecular weight excluding hydrogens is 230 g/mol. The van der Waals surface area contributed by atoms with Crippen LogP contribution in [0.2, 0.25) is 0 Å². The number of aryl methyl sites for hydroxylation is 1. The standard InChI is InChI=1S/C13H17N3O2/c14-10-4-1-3-9(10)6-8-16-12-11(18-13(16)17)5-2-7-15-12/h2,5,7,9-10H,1,3-4,6,8,14H2. The fourth-order valence-electron chi connectivity index (χ4n) is 2.82. The van der Waals surface area contributed by atoms with Crippen molar-refractivity contribution in [3.63, 3.8) is 0 Å². The molecule has 0 spiro atoms. The maximum Gasteiger partial charge on any atom is 0.421 e. The van der Waals surface area contributed by atoms with Crippen molar-refractivity contribution in [2.75, 3.05) is 0 Å². The van der Waals surface area contributed by atoms with Crippen LogP contribution in [0.4, 0.5) is 0 Å². The van der Waals surface area contributed by atoms with Gasteiger partial charge in [-0.3, -0.25) is 4.57 Å². The van der Waals surface area contributed by atoms with E-state index in [9.17, 15) is 4.79 Å². The van der Waals surface area contributed by atoms with Crippen molar-refractivity contribution < 1.29 is 4.42 Å². The third-order valence-corrected chi connectivity index (χ3v) is 3.87. The number of nitrogens with zero attached hydrogens (tertiary/aromatic N) is 2. The summed E-state index contributed by atoms with van der Waals surface area (Å²) in [5.41, 5.74) is 7.23. The zero-order valence-electron chi connectivity index (χ0n) is 10.2. The number of hydrogen-bond donors (Lipinski definition) is 1. The molecule has 2 heterocycles. The normalized spacial score (nSPS) is 23.8. The summed E-state index contributed by atoms with van der Waals surface area (Å²) in [6.07, 6.45) is 6.07. The first-order valence-electron chi connectivity index (χ1n) is 6.45.